The minimum absolute atomic E-state index is 0.0157. The van der Waals surface area contributed by atoms with Crippen molar-refractivity contribution in [1.82, 2.24) is 9.80 Å². The molecule has 1 amide bonds. The molecule has 0 aromatic heterocycles. The van der Waals surface area contributed by atoms with Crippen LogP contribution in [0.25, 0.3) is 0 Å². The highest BCUT2D eigenvalue weighted by molar-refractivity contribution is 5.70. The summed E-state index contributed by atoms with van der Waals surface area (Å²) in [6.07, 6.45) is -19.7. The molecule has 2 saturated heterocycles. The molecule has 0 bridgehead atoms. The minimum atomic E-state index is -5.83. The first-order valence-electron chi connectivity index (χ1n) is 13.8. The van der Waals surface area contributed by atoms with E-state index in [1.54, 1.807) is 0 Å². The highest BCUT2D eigenvalue weighted by atomic mass is 19.4. The summed E-state index contributed by atoms with van der Waals surface area (Å²) in [4.78, 5) is 26.3. The Labute approximate surface area is 240 Å². The molecule has 7 nitrogen and oxygen atoms in total. The zero-order valence-electron chi connectivity index (χ0n) is 22.8. The van der Waals surface area contributed by atoms with Gasteiger partial charge < -0.3 is 19.5 Å². The van der Waals surface area contributed by atoms with Crippen molar-refractivity contribution in [3.05, 3.63) is 29.3 Å². The van der Waals surface area contributed by atoms with Crippen LogP contribution in [0.3, 0.4) is 0 Å². The van der Waals surface area contributed by atoms with Gasteiger partial charge >= 0.3 is 30.6 Å². The summed E-state index contributed by atoms with van der Waals surface area (Å²) in [5.74, 6) is -1.46. The van der Waals surface area contributed by atoms with Crippen molar-refractivity contribution in [2.75, 3.05) is 19.6 Å². The number of aliphatic carboxylic acids is 1. The van der Waals surface area contributed by atoms with Gasteiger partial charge in [-0.1, -0.05) is 6.07 Å². The molecule has 2 heterocycles. The van der Waals surface area contributed by atoms with Crippen LogP contribution in [0.1, 0.15) is 62.5 Å². The third-order valence-electron chi connectivity index (χ3n) is 8.58. The molecule has 0 atom stereocenters. The van der Waals surface area contributed by atoms with E-state index in [0.717, 1.165) is 17.0 Å². The first-order valence-corrected chi connectivity index (χ1v) is 13.8. The molecule has 3 aliphatic rings. The molecular weight excluding hydrogens is 603 g/mol. The third-order valence-corrected chi connectivity index (χ3v) is 8.58. The molecule has 3 fully saturated rings. The number of rotatable bonds is 6. The van der Waals surface area contributed by atoms with Gasteiger partial charge in [-0.3, -0.25) is 9.69 Å². The van der Waals surface area contributed by atoms with Crippen LogP contribution in [0.4, 0.5) is 44.3 Å². The first-order chi connectivity index (χ1) is 19.9. The Morgan fingerprint density at radius 2 is 1.51 bits per heavy atom. The molecule has 43 heavy (non-hydrogen) atoms. The van der Waals surface area contributed by atoms with Gasteiger partial charge in [0, 0.05) is 30.7 Å². The fourth-order valence-corrected chi connectivity index (χ4v) is 6.19. The molecule has 0 unspecified atom stereocenters. The quantitative estimate of drug-likeness (QED) is 0.348. The average molecular weight is 635 g/mol. The number of ether oxygens (including phenoxy) is 2. The lowest BCUT2D eigenvalue weighted by atomic mass is 9.84. The summed E-state index contributed by atoms with van der Waals surface area (Å²) < 4.78 is 127. The second kappa shape index (κ2) is 12.2. The Balaban J connectivity index is 1.45. The number of hydrogen-bond donors (Lipinski definition) is 1. The Bertz CT molecular complexity index is 1140. The SMILES string of the molecule is O=C(O)C1CCC(Oc2cc(C(F)(F)F)ccc2CN2CCCC23CCN(C(=O)OC(C(F)(F)F)C(F)(F)F)CC3)CC1. The number of benzene rings is 1. The molecule has 242 valence electrons. The zero-order valence-corrected chi connectivity index (χ0v) is 22.8. The van der Waals surface area contributed by atoms with Gasteiger partial charge in [0.15, 0.2) is 0 Å². The fourth-order valence-electron chi connectivity index (χ4n) is 6.19. The summed E-state index contributed by atoms with van der Waals surface area (Å²) in [7, 11) is 0. The number of carboxylic acid groups (broad SMARTS) is 1. The van der Waals surface area contributed by atoms with Crippen LogP contribution < -0.4 is 4.74 Å². The van der Waals surface area contributed by atoms with Crippen LogP contribution in [0.15, 0.2) is 18.2 Å². The summed E-state index contributed by atoms with van der Waals surface area (Å²) in [6, 6.07) is 3.16. The standard InChI is InChI=1S/C27H31F9N2O5/c28-25(29,30)18-5-2-17(20(14-18)42-19-6-3-16(4-7-19)21(39)40)15-38-11-1-8-24(38)9-12-37(13-10-24)23(41)43-22(26(31,32)33)27(34,35)36/h2,5,14,16,19,22H,1,3-4,6-13,15H2,(H,39,40). The first kappa shape index (κ1) is 33.0. The Morgan fingerprint density at radius 3 is 2.05 bits per heavy atom. The molecule has 4 rings (SSSR count). The lowest BCUT2D eigenvalue weighted by Gasteiger charge is -2.45. The second-order valence-corrected chi connectivity index (χ2v) is 11.3. The van der Waals surface area contributed by atoms with Crippen LogP contribution in [0.5, 0.6) is 5.75 Å². The summed E-state index contributed by atoms with van der Waals surface area (Å²) >= 11 is 0. The van der Waals surface area contributed by atoms with E-state index in [4.69, 9.17) is 4.74 Å². The van der Waals surface area contributed by atoms with Crippen LogP contribution >= 0.6 is 0 Å². The number of piperidine rings is 1. The number of amides is 1. The van der Waals surface area contributed by atoms with Gasteiger partial charge in [-0.15, -0.1) is 0 Å². The van der Waals surface area contributed by atoms with E-state index < -0.39 is 59.8 Å². The van der Waals surface area contributed by atoms with Gasteiger partial charge in [0.25, 0.3) is 6.10 Å². The predicted octanol–water partition coefficient (Wildman–Crippen LogP) is 6.79. The van der Waals surface area contributed by atoms with E-state index in [2.05, 4.69) is 4.74 Å². The molecular formula is C27H31F9N2O5. The smallest absolute Gasteiger partial charge is 0.434 e. The zero-order chi connectivity index (χ0) is 31.8. The number of hydrogen-bond acceptors (Lipinski definition) is 5. The van der Waals surface area contributed by atoms with Crippen molar-refractivity contribution >= 4 is 12.1 Å². The van der Waals surface area contributed by atoms with Crippen LogP contribution in [-0.2, 0) is 22.3 Å². The summed E-state index contributed by atoms with van der Waals surface area (Å²) in [5, 5.41) is 9.22. The molecule has 16 heteroatoms. The maximum absolute atomic E-state index is 13.5. The van der Waals surface area contributed by atoms with E-state index in [9.17, 15) is 54.2 Å². The maximum Gasteiger partial charge on any atom is 0.434 e. The largest absolute Gasteiger partial charge is 0.490 e. The Hall–Kier alpha value is -2.91. The molecule has 2 aliphatic heterocycles. The van der Waals surface area contributed by atoms with E-state index in [1.807, 2.05) is 4.90 Å². The topological polar surface area (TPSA) is 79.3 Å². The van der Waals surface area contributed by atoms with Crippen molar-refractivity contribution in [2.45, 2.75) is 94.2 Å². The van der Waals surface area contributed by atoms with Gasteiger partial charge in [-0.05, 0) is 70.0 Å². The molecule has 1 N–H and O–H groups in total. The van der Waals surface area contributed by atoms with Crippen molar-refractivity contribution in [3.8, 4) is 5.75 Å². The Kier molecular flexibility index (Phi) is 9.39. The second-order valence-electron chi connectivity index (χ2n) is 11.3. The Morgan fingerprint density at radius 1 is 0.907 bits per heavy atom. The lowest BCUT2D eigenvalue weighted by Crippen LogP contribution is -2.54. The van der Waals surface area contributed by atoms with Crippen molar-refractivity contribution in [2.24, 2.45) is 5.92 Å². The van der Waals surface area contributed by atoms with Gasteiger partial charge in [-0.2, -0.15) is 39.5 Å². The van der Waals surface area contributed by atoms with Crippen LogP contribution in [0, 0.1) is 5.92 Å². The van der Waals surface area contributed by atoms with Crippen LogP contribution in [-0.4, -0.2) is 76.7 Å². The molecule has 1 aromatic rings. The number of carboxylic acids is 1. The molecule has 1 aliphatic carbocycles. The van der Waals surface area contributed by atoms with Gasteiger partial charge in [0.1, 0.15) is 5.75 Å². The number of halogens is 9. The molecule has 1 aromatic carbocycles. The average Bonchev–Trinajstić information content (AvgIpc) is 3.28. The number of carbonyl (C=O) groups excluding carboxylic acids is 1. The molecule has 0 radical (unpaired) electrons. The summed E-state index contributed by atoms with van der Waals surface area (Å²) in [5.41, 5.74) is -1.04. The van der Waals surface area contributed by atoms with E-state index in [0.29, 0.717) is 50.6 Å². The van der Waals surface area contributed by atoms with Gasteiger partial charge in [0.2, 0.25) is 0 Å². The number of nitrogens with zero attached hydrogens (tertiary/aromatic N) is 2. The lowest BCUT2D eigenvalue weighted by molar-refractivity contribution is -0.308. The number of likely N-dealkylation sites (tertiary alicyclic amines) is 2. The van der Waals surface area contributed by atoms with Gasteiger partial charge in [0.05, 0.1) is 17.6 Å². The number of carbonyl (C=O) groups is 2. The van der Waals surface area contributed by atoms with E-state index in [1.165, 1.54) is 6.07 Å². The van der Waals surface area contributed by atoms with Gasteiger partial charge in [-0.25, -0.2) is 4.79 Å². The predicted molar refractivity (Wildman–Crippen MR) is 131 cm³/mol. The van der Waals surface area contributed by atoms with E-state index in [-0.39, 0.29) is 38.2 Å². The van der Waals surface area contributed by atoms with E-state index >= 15 is 0 Å². The van der Waals surface area contributed by atoms with Crippen molar-refractivity contribution < 1.29 is 63.7 Å². The third kappa shape index (κ3) is 7.79. The number of alkyl halides is 9. The minimum Gasteiger partial charge on any atom is -0.490 e. The molecule has 1 saturated carbocycles. The normalized spacial score (nSPS) is 23.5. The fraction of sp³-hybridized carbons (Fsp3) is 0.704. The van der Waals surface area contributed by atoms with Crippen LogP contribution in [0.2, 0.25) is 0 Å². The van der Waals surface area contributed by atoms with Crippen molar-refractivity contribution in [3.63, 3.8) is 0 Å². The van der Waals surface area contributed by atoms with Crippen molar-refractivity contribution in [1.29, 1.82) is 0 Å². The monoisotopic (exact) mass is 634 g/mol. The highest BCUT2D eigenvalue weighted by Crippen LogP contribution is 2.43. The highest BCUT2D eigenvalue weighted by Gasteiger charge is 2.60. The summed E-state index contributed by atoms with van der Waals surface area (Å²) in [6.45, 7) is 0.355. The maximum atomic E-state index is 13.5. The molecule has 1 spiro atoms.